The Kier molecular flexibility index (Phi) is 4.86. The highest BCUT2D eigenvalue weighted by Crippen LogP contribution is 2.39. The number of rotatable bonds is 4. The molecule has 142 valence electrons. The van der Waals surface area contributed by atoms with E-state index in [1.54, 1.807) is 11.3 Å². The zero-order chi connectivity index (χ0) is 18.3. The summed E-state index contributed by atoms with van der Waals surface area (Å²) >= 11 is 1.59. The lowest BCUT2D eigenvalue weighted by Crippen LogP contribution is -2.39. The van der Waals surface area contributed by atoms with Crippen molar-refractivity contribution in [1.29, 1.82) is 0 Å². The van der Waals surface area contributed by atoms with Gasteiger partial charge in [-0.2, -0.15) is 12.7 Å². The van der Waals surface area contributed by atoms with Gasteiger partial charge in [0.2, 0.25) is 5.88 Å². The molecule has 2 aromatic rings. The highest BCUT2D eigenvalue weighted by molar-refractivity contribution is 7.86. The van der Waals surface area contributed by atoms with Gasteiger partial charge in [0.25, 0.3) is 10.2 Å². The van der Waals surface area contributed by atoms with E-state index in [9.17, 15) is 8.42 Å². The lowest BCUT2D eigenvalue weighted by Gasteiger charge is -2.28. The van der Waals surface area contributed by atoms with Gasteiger partial charge in [0.05, 0.1) is 5.39 Å². The summed E-state index contributed by atoms with van der Waals surface area (Å²) < 4.78 is 31.0. The van der Waals surface area contributed by atoms with Crippen molar-refractivity contribution in [2.75, 3.05) is 13.6 Å². The monoisotopic (exact) mass is 397 g/mol. The molecule has 1 saturated carbocycles. The van der Waals surface area contributed by atoms with Gasteiger partial charge in [0.15, 0.2) is 0 Å². The van der Waals surface area contributed by atoms with Gasteiger partial charge in [-0.1, -0.05) is 0 Å². The van der Waals surface area contributed by atoms with Gasteiger partial charge in [-0.05, 0) is 44.7 Å². The Morgan fingerprint density at radius 1 is 1.31 bits per heavy atom. The van der Waals surface area contributed by atoms with Crippen LogP contribution in [0.4, 0.5) is 0 Å². The van der Waals surface area contributed by atoms with Gasteiger partial charge in [0, 0.05) is 24.0 Å². The van der Waals surface area contributed by atoms with E-state index in [0.717, 1.165) is 46.3 Å². The molecule has 0 amide bonds. The summed E-state index contributed by atoms with van der Waals surface area (Å²) in [6.45, 7) is 0.653. The lowest BCUT2D eigenvalue weighted by atomic mass is 9.93. The molecule has 0 atom stereocenters. The van der Waals surface area contributed by atoms with Crippen molar-refractivity contribution in [3.8, 4) is 5.88 Å². The minimum atomic E-state index is -3.71. The van der Waals surface area contributed by atoms with Crippen molar-refractivity contribution in [1.82, 2.24) is 19.6 Å². The van der Waals surface area contributed by atoms with Crippen LogP contribution < -0.4 is 15.2 Å². The minimum Gasteiger partial charge on any atom is -0.474 e. The van der Waals surface area contributed by atoms with Crippen molar-refractivity contribution >= 4 is 31.8 Å². The van der Waals surface area contributed by atoms with E-state index in [0.29, 0.717) is 24.9 Å². The highest BCUT2D eigenvalue weighted by Gasteiger charge is 2.30. The normalized spacial score (nSPS) is 24.5. The first kappa shape index (κ1) is 18.1. The zero-order valence-electron chi connectivity index (χ0n) is 14.6. The van der Waals surface area contributed by atoms with Crippen LogP contribution in [0.25, 0.3) is 10.2 Å². The van der Waals surface area contributed by atoms with Crippen molar-refractivity contribution in [3.05, 3.63) is 16.8 Å². The third-order valence-electron chi connectivity index (χ3n) is 5.28. The number of ether oxygens (including phenoxy) is 1. The molecule has 2 aliphatic rings. The second-order valence-electron chi connectivity index (χ2n) is 6.87. The Balaban J connectivity index is 1.64. The van der Waals surface area contributed by atoms with Crippen LogP contribution in [0.15, 0.2) is 6.33 Å². The molecular weight excluding hydrogens is 374 g/mol. The fraction of sp³-hybridized carbons (Fsp3) is 0.625. The van der Waals surface area contributed by atoms with Crippen LogP contribution in [-0.4, -0.2) is 48.4 Å². The number of nitrogens with zero attached hydrogens (tertiary/aromatic N) is 3. The molecule has 0 radical (unpaired) electrons. The predicted molar refractivity (Wildman–Crippen MR) is 100 cm³/mol. The average Bonchev–Trinajstić information content (AvgIpc) is 3.00. The number of aromatic nitrogens is 2. The smallest absolute Gasteiger partial charge is 0.277 e. The molecule has 3 N–H and O–H groups in total. The molecule has 2 aromatic heterocycles. The molecule has 26 heavy (non-hydrogen) atoms. The van der Waals surface area contributed by atoms with Crippen molar-refractivity contribution in [2.24, 2.45) is 5.14 Å². The summed E-state index contributed by atoms with van der Waals surface area (Å²) in [5.74, 6) is 0.566. The maximum absolute atomic E-state index is 11.8. The largest absolute Gasteiger partial charge is 0.474 e. The molecule has 0 aromatic carbocycles. The van der Waals surface area contributed by atoms with Gasteiger partial charge in [-0.25, -0.2) is 15.1 Å². The minimum absolute atomic E-state index is 0.131. The number of hydrogen-bond donors (Lipinski definition) is 2. The summed E-state index contributed by atoms with van der Waals surface area (Å²) in [7, 11) is -1.72. The average molecular weight is 398 g/mol. The molecule has 1 aliphatic carbocycles. The topological polar surface area (TPSA) is 110 Å². The second-order valence-corrected chi connectivity index (χ2v) is 9.50. The number of nitrogens with two attached hydrogens (primary N) is 1. The van der Waals surface area contributed by atoms with Gasteiger partial charge < -0.3 is 10.1 Å². The third-order valence-corrected chi connectivity index (χ3v) is 7.51. The van der Waals surface area contributed by atoms with E-state index >= 15 is 0 Å². The molecule has 4 rings (SSSR count). The van der Waals surface area contributed by atoms with E-state index in [1.165, 1.54) is 10.6 Å². The Hall–Kier alpha value is -1.33. The van der Waals surface area contributed by atoms with Gasteiger partial charge in [-0.15, -0.1) is 11.3 Å². The first-order chi connectivity index (χ1) is 12.5. The van der Waals surface area contributed by atoms with E-state index in [4.69, 9.17) is 9.88 Å². The molecule has 0 saturated heterocycles. The standard InChI is InChI=1S/C16H23N5O3S2/c1-18-10-2-4-11(5-3-10)24-15-14-12-8-21(26(17,22)23)7-6-13(12)25-16(14)20-9-19-15/h9-11,18H,2-8H2,1H3,(H2,17,22,23). The number of nitrogens with one attached hydrogen (secondary N) is 1. The fourth-order valence-electron chi connectivity index (χ4n) is 3.79. The van der Waals surface area contributed by atoms with Crippen molar-refractivity contribution in [2.45, 2.75) is 50.8 Å². The van der Waals surface area contributed by atoms with Crippen LogP contribution in [-0.2, 0) is 23.2 Å². The fourth-order valence-corrected chi connectivity index (χ4v) is 5.58. The molecule has 0 spiro atoms. The molecule has 0 unspecified atom stereocenters. The maximum Gasteiger partial charge on any atom is 0.277 e. The molecule has 1 aliphatic heterocycles. The summed E-state index contributed by atoms with van der Waals surface area (Å²) in [5.41, 5.74) is 0.935. The van der Waals surface area contributed by atoms with Crippen LogP contribution in [0.1, 0.15) is 36.1 Å². The van der Waals surface area contributed by atoms with Crippen LogP contribution in [0.2, 0.25) is 0 Å². The molecule has 1 fully saturated rings. The van der Waals surface area contributed by atoms with Gasteiger partial charge in [0.1, 0.15) is 17.3 Å². The number of hydrogen-bond acceptors (Lipinski definition) is 7. The van der Waals surface area contributed by atoms with Crippen LogP contribution in [0.3, 0.4) is 0 Å². The second kappa shape index (κ2) is 7.01. The molecule has 3 heterocycles. The Morgan fingerprint density at radius 3 is 2.77 bits per heavy atom. The van der Waals surface area contributed by atoms with Crippen LogP contribution in [0, 0.1) is 0 Å². The van der Waals surface area contributed by atoms with Crippen molar-refractivity contribution < 1.29 is 13.2 Å². The highest BCUT2D eigenvalue weighted by atomic mass is 32.2. The van der Waals surface area contributed by atoms with Crippen molar-refractivity contribution in [3.63, 3.8) is 0 Å². The number of fused-ring (bicyclic) bond motifs is 3. The van der Waals surface area contributed by atoms with Crippen LogP contribution >= 0.6 is 11.3 Å². The van der Waals surface area contributed by atoms with Gasteiger partial charge in [-0.3, -0.25) is 0 Å². The summed E-state index contributed by atoms with van der Waals surface area (Å²) in [4.78, 5) is 10.7. The predicted octanol–water partition coefficient (Wildman–Crippen LogP) is 1.16. The number of thiophene rings is 1. The SMILES string of the molecule is CNC1CCC(Oc2ncnc3sc4c(c23)CN(S(N)(=O)=O)CC4)CC1. The first-order valence-corrected chi connectivity index (χ1v) is 11.1. The summed E-state index contributed by atoms with van der Waals surface area (Å²) in [6.07, 6.45) is 6.41. The quantitative estimate of drug-likeness (QED) is 0.801. The van der Waals surface area contributed by atoms with Crippen LogP contribution in [0.5, 0.6) is 5.88 Å². The van der Waals surface area contributed by atoms with Gasteiger partial charge >= 0.3 is 0 Å². The molecule has 8 nitrogen and oxygen atoms in total. The van der Waals surface area contributed by atoms with E-state index < -0.39 is 10.2 Å². The molecule has 0 bridgehead atoms. The maximum atomic E-state index is 11.8. The van der Waals surface area contributed by atoms with E-state index in [2.05, 4.69) is 15.3 Å². The Labute approximate surface area is 156 Å². The summed E-state index contributed by atoms with van der Waals surface area (Å²) in [5, 5.41) is 9.49. The molecular formula is C16H23N5O3S2. The van der Waals surface area contributed by atoms with E-state index in [-0.39, 0.29) is 12.6 Å². The summed E-state index contributed by atoms with van der Waals surface area (Å²) in [6, 6.07) is 0.553. The third kappa shape index (κ3) is 3.44. The molecule has 10 heteroatoms. The lowest BCUT2D eigenvalue weighted by molar-refractivity contribution is 0.137. The zero-order valence-corrected chi connectivity index (χ0v) is 16.3. The Morgan fingerprint density at radius 2 is 2.08 bits per heavy atom. The Bertz CT molecular complexity index is 906. The first-order valence-electron chi connectivity index (χ1n) is 8.82. The van der Waals surface area contributed by atoms with E-state index in [1.807, 2.05) is 7.05 Å².